The summed E-state index contributed by atoms with van der Waals surface area (Å²) in [7, 11) is -5.06. The minimum Gasteiger partial charge on any atom is -0.497 e. The summed E-state index contributed by atoms with van der Waals surface area (Å²) in [5.41, 5.74) is 0.996. The van der Waals surface area contributed by atoms with E-state index in [9.17, 15) is 41.4 Å². The zero-order valence-corrected chi connectivity index (χ0v) is 51.9. The predicted molar refractivity (Wildman–Crippen MR) is 319 cm³/mol. The number of ketones is 1. The molecule has 4 N–H and O–H groups in total. The number of benzene rings is 4. The van der Waals surface area contributed by atoms with Crippen molar-refractivity contribution in [3.63, 3.8) is 0 Å². The molecular formula is C62H90N4O16S2. The zero-order chi connectivity index (χ0) is 61.5. The lowest BCUT2D eigenvalue weighted by Crippen LogP contribution is -2.52. The van der Waals surface area contributed by atoms with Gasteiger partial charge in [0.1, 0.15) is 29.0 Å². The molecule has 6 rings (SSSR count). The molecule has 2 aliphatic heterocycles. The molecule has 0 radical (unpaired) electrons. The first kappa shape index (κ1) is 69.1. The number of hydrogen-bond donors (Lipinski definition) is 4. The standard InChI is InChI=1S/C32H48N2O8S.C30H42N2O8S/c1-7-24(17-18-32(5)40-19-20-41-32)22-34(43(37,38)27-15-13-26(39-6)14-16-27)23-29(35)28(21-25-11-9-8-10-12-25)33-30(36)42-31(2,3)4;1-4-23(11-10-22(2)33)19-32(41(36,37)27-14-12-25(38-3)13-15-27)20-29(34)28(18-24-8-6-5-7-9-24)31-30(35)40-26-16-17-39-21-26/h8-16,24,28-29,35H,7,17-23H2,1-6H3,(H,33,36);5-9,12-15,23,26,28-29,34H,4,10-11,16-21H2,1-3H3,(H,31,35)/t24?,28-,29?;23?,26?,28-,29?/m00/s1. The van der Waals surface area contributed by atoms with Gasteiger partial charge in [-0.15, -0.1) is 0 Å². The Balaban J connectivity index is 0.000000308. The number of hydrogen-bond acceptors (Lipinski definition) is 16. The quantitative estimate of drug-likeness (QED) is 0.0369. The number of carbonyl (C=O) groups excluding carboxylic acids is 3. The Labute approximate surface area is 497 Å². The van der Waals surface area contributed by atoms with Gasteiger partial charge in [-0.1, -0.05) is 87.4 Å². The van der Waals surface area contributed by atoms with Gasteiger partial charge in [0.15, 0.2) is 5.79 Å². The molecule has 2 saturated heterocycles. The Hall–Kier alpha value is -5.69. The maximum Gasteiger partial charge on any atom is 0.407 e. The third-order valence-corrected chi connectivity index (χ3v) is 18.4. The fourth-order valence-corrected chi connectivity index (χ4v) is 12.8. The smallest absolute Gasteiger partial charge is 0.407 e. The first-order valence-electron chi connectivity index (χ1n) is 28.9. The van der Waals surface area contributed by atoms with Crippen LogP contribution >= 0.6 is 0 Å². The van der Waals surface area contributed by atoms with Crippen LogP contribution in [0.15, 0.2) is 119 Å². The van der Waals surface area contributed by atoms with Crippen LogP contribution in [-0.4, -0.2) is 162 Å². The molecule has 0 aliphatic carbocycles. The van der Waals surface area contributed by atoms with Crippen LogP contribution in [-0.2, 0) is 61.4 Å². The number of nitrogens with one attached hydrogen (secondary N) is 2. The van der Waals surface area contributed by atoms with Gasteiger partial charge in [-0.3, -0.25) is 0 Å². The van der Waals surface area contributed by atoms with Crippen molar-refractivity contribution in [3.8, 4) is 11.5 Å². The van der Waals surface area contributed by atoms with Crippen LogP contribution in [0.25, 0.3) is 0 Å². The summed E-state index contributed by atoms with van der Waals surface area (Å²) >= 11 is 0. The first-order chi connectivity index (χ1) is 39.9. The Morgan fingerprint density at radius 1 is 0.655 bits per heavy atom. The van der Waals surface area contributed by atoms with E-state index >= 15 is 0 Å². The SMILES string of the molecule is CCC(CCC(C)=O)CN(CC(O)[C@H](Cc1ccccc1)NC(=O)OC1CCOC1)S(=O)(=O)c1ccc(OC)cc1.CCC(CCC1(C)OCCO1)CN(CC(O)[C@H](Cc1ccccc1)NC(=O)OC(C)(C)C)S(=O)(=O)c1ccc(OC)cc1. The maximum atomic E-state index is 14.0. The van der Waals surface area contributed by atoms with Gasteiger partial charge in [-0.05, 0) is 132 Å². The normalized spacial score (nSPS) is 17.4. The summed E-state index contributed by atoms with van der Waals surface area (Å²) in [6.07, 6.45) is 0.383. The van der Waals surface area contributed by atoms with Crippen LogP contribution in [0, 0.1) is 11.8 Å². The van der Waals surface area contributed by atoms with Gasteiger partial charge in [-0.25, -0.2) is 26.4 Å². The molecule has 20 nitrogen and oxygen atoms in total. The molecule has 2 fully saturated rings. The Morgan fingerprint density at radius 2 is 1.10 bits per heavy atom. The molecule has 7 atom stereocenters. The van der Waals surface area contributed by atoms with Gasteiger partial charge in [-0.2, -0.15) is 8.61 Å². The van der Waals surface area contributed by atoms with E-state index in [4.69, 9.17) is 33.2 Å². The molecular weight excluding hydrogens is 1120 g/mol. The highest BCUT2D eigenvalue weighted by Gasteiger charge is 2.37. The molecule has 4 aromatic rings. The zero-order valence-electron chi connectivity index (χ0n) is 50.3. The molecule has 2 heterocycles. The van der Waals surface area contributed by atoms with E-state index in [1.807, 2.05) is 81.4 Å². The number of sulfonamides is 2. The number of nitrogens with zero attached hydrogens (tertiary/aromatic N) is 2. The number of aliphatic hydroxyl groups excluding tert-OH is 2. The molecule has 0 saturated carbocycles. The second-order valence-corrected chi connectivity index (χ2v) is 26.4. The van der Waals surface area contributed by atoms with Crippen LogP contribution in [0.4, 0.5) is 9.59 Å². The summed E-state index contributed by atoms with van der Waals surface area (Å²) in [5, 5.41) is 28.6. The highest BCUT2D eigenvalue weighted by atomic mass is 32.2. The molecule has 2 amide bonds. The van der Waals surface area contributed by atoms with Crippen molar-refractivity contribution >= 4 is 38.0 Å². The van der Waals surface area contributed by atoms with Crippen molar-refractivity contribution in [3.05, 3.63) is 120 Å². The summed E-state index contributed by atoms with van der Waals surface area (Å²) in [4.78, 5) is 37.3. The van der Waals surface area contributed by atoms with Crippen LogP contribution in [0.2, 0.25) is 0 Å². The fourth-order valence-electron chi connectivity index (χ4n) is 9.71. The van der Waals surface area contributed by atoms with E-state index in [1.54, 1.807) is 45.0 Å². The van der Waals surface area contributed by atoms with E-state index in [-0.39, 0.29) is 72.5 Å². The number of aliphatic hydroxyl groups is 2. The predicted octanol–water partition coefficient (Wildman–Crippen LogP) is 8.32. The Morgan fingerprint density at radius 3 is 1.49 bits per heavy atom. The van der Waals surface area contributed by atoms with Gasteiger partial charge < -0.3 is 58.8 Å². The number of alkyl carbamates (subject to hydrolysis) is 2. The number of ether oxygens (including phenoxy) is 7. The summed E-state index contributed by atoms with van der Waals surface area (Å²) in [6, 6.07) is 29.3. The molecule has 5 unspecified atom stereocenters. The van der Waals surface area contributed by atoms with Crippen molar-refractivity contribution < 1.29 is 74.6 Å². The average Bonchev–Trinajstić information content (AvgIpc) is 3.19. The highest BCUT2D eigenvalue weighted by Crippen LogP contribution is 2.30. The summed E-state index contributed by atoms with van der Waals surface area (Å²) < 4.78 is 96.5. The van der Waals surface area contributed by atoms with Crippen LogP contribution in [0.3, 0.4) is 0 Å². The summed E-state index contributed by atoms with van der Waals surface area (Å²) in [5.74, 6) is 0.257. The van der Waals surface area contributed by atoms with Crippen LogP contribution < -0.4 is 20.1 Å². The average molecular weight is 1210 g/mol. The lowest BCUT2D eigenvalue weighted by Gasteiger charge is -2.33. The van der Waals surface area contributed by atoms with Crippen LogP contribution in [0.1, 0.15) is 105 Å². The molecule has 2 aliphatic rings. The number of carbonyl (C=O) groups is 3. The van der Waals surface area contributed by atoms with E-state index in [1.165, 1.54) is 54.0 Å². The van der Waals surface area contributed by atoms with Gasteiger partial charge >= 0.3 is 12.2 Å². The first-order valence-corrected chi connectivity index (χ1v) is 31.8. The molecule has 22 heteroatoms. The van der Waals surface area contributed by atoms with Crippen molar-refractivity contribution in [2.75, 3.05) is 66.8 Å². The third-order valence-electron chi connectivity index (χ3n) is 14.8. The molecule has 0 aromatic heterocycles. The number of Topliss-reactive ketones (excluding diaryl/α,β-unsaturated/α-hetero) is 1. The Bertz CT molecular complexity index is 2830. The molecule has 466 valence electrons. The van der Waals surface area contributed by atoms with Gasteiger partial charge in [0.25, 0.3) is 0 Å². The highest BCUT2D eigenvalue weighted by molar-refractivity contribution is 7.89. The van der Waals surface area contributed by atoms with Gasteiger partial charge in [0.2, 0.25) is 20.0 Å². The molecule has 4 aromatic carbocycles. The number of rotatable bonds is 31. The van der Waals surface area contributed by atoms with E-state index in [0.717, 1.165) is 11.1 Å². The molecule has 0 spiro atoms. The molecule has 0 bridgehead atoms. The van der Waals surface area contributed by atoms with Crippen molar-refractivity contribution in [2.45, 2.75) is 158 Å². The Kier molecular flexibility index (Phi) is 27.4. The van der Waals surface area contributed by atoms with Crippen LogP contribution in [0.5, 0.6) is 11.5 Å². The lowest BCUT2D eigenvalue weighted by molar-refractivity contribution is -0.149. The van der Waals surface area contributed by atoms with Crippen molar-refractivity contribution in [1.29, 1.82) is 0 Å². The number of methoxy groups -OCH3 is 2. The number of amides is 2. The topological polar surface area (TPSA) is 255 Å². The van der Waals surface area contributed by atoms with Gasteiger partial charge in [0, 0.05) is 45.4 Å². The minimum absolute atomic E-state index is 0.0313. The second kappa shape index (κ2) is 33.3. The summed E-state index contributed by atoms with van der Waals surface area (Å²) in [6.45, 7) is 14.3. The van der Waals surface area contributed by atoms with Crippen molar-refractivity contribution in [2.24, 2.45) is 11.8 Å². The monoisotopic (exact) mass is 1210 g/mol. The van der Waals surface area contributed by atoms with Gasteiger partial charge in [0.05, 0.1) is 74.7 Å². The van der Waals surface area contributed by atoms with E-state index in [0.29, 0.717) is 82.9 Å². The third kappa shape index (κ3) is 22.6. The largest absolute Gasteiger partial charge is 0.497 e. The minimum atomic E-state index is -4.05. The van der Waals surface area contributed by atoms with E-state index in [2.05, 4.69) is 10.6 Å². The molecule has 84 heavy (non-hydrogen) atoms. The fraction of sp³-hybridized carbons (Fsp3) is 0.565. The van der Waals surface area contributed by atoms with Crippen molar-refractivity contribution in [1.82, 2.24) is 19.2 Å². The lowest BCUT2D eigenvalue weighted by atomic mass is 9.96. The van der Waals surface area contributed by atoms with E-state index < -0.39 is 67.9 Å². The maximum absolute atomic E-state index is 14.0. The second-order valence-electron chi connectivity index (χ2n) is 22.6.